The highest BCUT2D eigenvalue weighted by molar-refractivity contribution is 6.10. The van der Waals surface area contributed by atoms with E-state index >= 15 is 9.59 Å². The topological polar surface area (TPSA) is 360 Å². The first kappa shape index (κ1) is 70.7. The maximum absolute atomic E-state index is 15.2. The van der Waals surface area contributed by atoms with Crippen LogP contribution in [-0.2, 0) is 57.4 Å². The standard InChI is InChI=1S/C64H90N12O16/c1-27(2)44-61(86)75-32(10)20-23-38(75)59(84)71(15)25-40(77)73(17)50(29(5)6)63(88)90-35(13)46(57(82)67-44)69-55(80)37-22-19-31(9)53-48(37)66-49-42(43(65)52(79)34(12)54(49)92-53)56(81)70-47-36(14)91-64(89)51(30(7)8)74(18)41(78)26-72(16)60(85)39-24-21-33(11)76(39)62(87)45(28(3)4)68-58(47)83/h19,22,27-30,32-33,35-36,38-39,44-47,50-51H,20-21,23-26,65H2,1-18H3,(H,67,82)(H,68,83)(H,69,80)(H,70,81)/t32-,33+,35-,36+,38-,39-,44+,45+,46+,47-,50-,51-/m0/s1. The lowest BCUT2D eigenvalue weighted by atomic mass is 9.98. The minimum absolute atomic E-state index is 0.0777. The summed E-state index contributed by atoms with van der Waals surface area (Å²) in [7, 11) is 5.60. The largest absolute Gasteiger partial charge is 0.458 e. The summed E-state index contributed by atoms with van der Waals surface area (Å²) in [6.45, 7) is 21.6. The molecule has 1 aliphatic carbocycles. The Morgan fingerprint density at radius 3 is 1.40 bits per heavy atom. The van der Waals surface area contributed by atoms with E-state index in [1.54, 1.807) is 76.2 Å². The van der Waals surface area contributed by atoms with Crippen molar-refractivity contribution in [2.75, 3.05) is 47.0 Å². The summed E-state index contributed by atoms with van der Waals surface area (Å²) >= 11 is 0. The number of benzene rings is 2. The minimum Gasteiger partial charge on any atom is -0.458 e. The van der Waals surface area contributed by atoms with Crippen LogP contribution in [0.1, 0.15) is 141 Å². The van der Waals surface area contributed by atoms with Crippen molar-refractivity contribution in [3.63, 3.8) is 0 Å². The molecule has 28 heteroatoms. The fourth-order valence-electron chi connectivity index (χ4n) is 12.9. The summed E-state index contributed by atoms with van der Waals surface area (Å²) in [5.74, 6) is -12.4. The van der Waals surface area contributed by atoms with Crippen molar-refractivity contribution in [3.05, 3.63) is 44.6 Å². The van der Waals surface area contributed by atoms with Gasteiger partial charge in [0.25, 0.3) is 11.8 Å². The zero-order valence-electron chi connectivity index (χ0n) is 55.9. The van der Waals surface area contributed by atoms with Crippen LogP contribution in [0.3, 0.4) is 0 Å². The van der Waals surface area contributed by atoms with Crippen molar-refractivity contribution in [2.24, 2.45) is 23.7 Å². The number of aromatic nitrogens is 1. The number of nitrogen functional groups attached to an aromatic ring is 1. The van der Waals surface area contributed by atoms with Gasteiger partial charge in [0.15, 0.2) is 11.3 Å². The molecule has 6 aliphatic rings. The first-order chi connectivity index (χ1) is 42.9. The monoisotopic (exact) mass is 1280 g/mol. The first-order valence-corrected chi connectivity index (χ1v) is 31.4. The molecule has 4 saturated heterocycles. The molecule has 4 fully saturated rings. The zero-order chi connectivity index (χ0) is 68.7. The average molecular weight is 1280 g/mol. The van der Waals surface area contributed by atoms with Gasteiger partial charge in [-0.1, -0.05) is 61.5 Å². The maximum atomic E-state index is 15.2. The highest BCUT2D eigenvalue weighted by atomic mass is 16.6. The molecule has 502 valence electrons. The van der Waals surface area contributed by atoms with Gasteiger partial charge < -0.3 is 70.3 Å². The van der Waals surface area contributed by atoms with Crippen LogP contribution in [0.4, 0.5) is 5.69 Å². The van der Waals surface area contributed by atoms with Crippen molar-refractivity contribution < 1.29 is 71.4 Å². The van der Waals surface area contributed by atoms with E-state index in [2.05, 4.69) is 21.3 Å². The number of nitrogens with two attached hydrogens (primary N) is 1. The normalized spacial score (nSPS) is 27.5. The molecule has 5 aliphatic heterocycles. The summed E-state index contributed by atoms with van der Waals surface area (Å²) in [6.07, 6.45) is -1.72. The minimum atomic E-state index is -1.89. The number of hydrogen-bond acceptors (Lipinski definition) is 18. The van der Waals surface area contributed by atoms with Crippen LogP contribution in [0, 0.1) is 37.5 Å². The van der Waals surface area contributed by atoms with Crippen molar-refractivity contribution in [3.8, 4) is 11.5 Å². The van der Waals surface area contributed by atoms with Crippen LogP contribution in [0.15, 0.2) is 21.3 Å². The number of nitrogens with zero attached hydrogens (tertiary/aromatic N) is 7. The molecule has 92 heavy (non-hydrogen) atoms. The summed E-state index contributed by atoms with van der Waals surface area (Å²) in [6, 6.07) is -8.93. The van der Waals surface area contributed by atoms with Gasteiger partial charge in [-0.3, -0.25) is 52.7 Å². The number of likely N-dealkylation sites (N-methyl/N-ethyl adjacent to an activating group) is 4. The van der Waals surface area contributed by atoms with Crippen LogP contribution in [-0.4, -0.2) is 219 Å². The van der Waals surface area contributed by atoms with Gasteiger partial charge in [0, 0.05) is 45.8 Å². The summed E-state index contributed by atoms with van der Waals surface area (Å²) < 4.78 is 18.4. The second kappa shape index (κ2) is 28.0. The second-order valence-corrected chi connectivity index (χ2v) is 26.5. The van der Waals surface area contributed by atoms with Crippen LogP contribution in [0.2, 0.25) is 0 Å². The number of anilines is 1. The molecule has 0 radical (unpaired) electrons. The lowest BCUT2D eigenvalue weighted by Crippen LogP contribution is -2.62. The average Bonchev–Trinajstić information content (AvgIpc) is 0.926. The molecule has 0 saturated carbocycles. The maximum Gasteiger partial charge on any atom is 0.329 e. The Hall–Kier alpha value is -8.72. The predicted molar refractivity (Wildman–Crippen MR) is 335 cm³/mol. The van der Waals surface area contributed by atoms with Gasteiger partial charge in [0.1, 0.15) is 71.8 Å². The summed E-state index contributed by atoms with van der Waals surface area (Å²) in [5.41, 5.74) is 3.58. The number of ether oxygens (including phenoxy) is 2. The zero-order valence-corrected chi connectivity index (χ0v) is 55.9. The SMILES string of the molecule is Cc1c2oc3c(C)ccc(C(=O)N[C@H]4C(=O)N[C@H](C(C)C)C(=O)N5[C@@H](C)CC[C@H]5C(=O)N(C)CC(=O)N(C)[C@@H](C(C)C)C(=O)O[C@H]4C)c3nc-2c(C(=O)N[C@@H]2C(=O)N[C@H](C(C)C)C(=O)N3[C@H](C)CC[C@H]3C(=O)N(C)CC(=O)N(C)[C@@H](C(C)C)C(=O)O[C@@H]2C)c(N)c1=O. The van der Waals surface area contributed by atoms with E-state index in [1.807, 2.05) is 0 Å². The number of aryl methyl sites for hydroxylation is 1. The van der Waals surface area contributed by atoms with Crippen molar-refractivity contribution >= 4 is 87.8 Å². The van der Waals surface area contributed by atoms with E-state index in [4.69, 9.17) is 24.6 Å². The molecule has 28 nitrogen and oxygen atoms in total. The Labute approximate surface area is 535 Å². The van der Waals surface area contributed by atoms with Crippen molar-refractivity contribution in [1.82, 2.24) is 55.7 Å². The van der Waals surface area contributed by atoms with Crippen LogP contribution >= 0.6 is 0 Å². The van der Waals surface area contributed by atoms with E-state index in [0.29, 0.717) is 18.4 Å². The van der Waals surface area contributed by atoms with Gasteiger partial charge in [-0.25, -0.2) is 14.6 Å². The molecule has 10 amide bonds. The van der Waals surface area contributed by atoms with Crippen LogP contribution in [0.5, 0.6) is 0 Å². The molecule has 6 N–H and O–H groups in total. The van der Waals surface area contributed by atoms with Gasteiger partial charge in [0.2, 0.25) is 52.7 Å². The van der Waals surface area contributed by atoms with Crippen LogP contribution < -0.4 is 32.4 Å². The Morgan fingerprint density at radius 2 is 1.00 bits per heavy atom. The Morgan fingerprint density at radius 1 is 0.587 bits per heavy atom. The van der Waals surface area contributed by atoms with E-state index in [-0.39, 0.29) is 40.8 Å². The second-order valence-electron chi connectivity index (χ2n) is 26.5. The Bertz CT molecular complexity index is 3490. The molecular formula is C64H90N12O16. The molecule has 12 atom stereocenters. The Balaban J connectivity index is 1.33. The molecular weight excluding hydrogens is 1190 g/mol. The lowest BCUT2D eigenvalue weighted by molar-refractivity contribution is -0.163. The number of fused-ring (bicyclic) bond motifs is 4. The van der Waals surface area contributed by atoms with E-state index in [0.717, 1.165) is 9.80 Å². The molecule has 7 rings (SSSR count). The highest BCUT2D eigenvalue weighted by Crippen LogP contribution is 2.36. The van der Waals surface area contributed by atoms with Gasteiger partial charge >= 0.3 is 11.9 Å². The van der Waals surface area contributed by atoms with Gasteiger partial charge in [-0.05, 0) is 103 Å². The molecule has 0 aromatic heterocycles. The van der Waals surface area contributed by atoms with Gasteiger partial charge in [-0.2, -0.15) is 0 Å². The van der Waals surface area contributed by atoms with Crippen LogP contribution in [0.25, 0.3) is 22.6 Å². The number of hydrogen-bond donors (Lipinski definition) is 5. The third kappa shape index (κ3) is 13.9. The van der Waals surface area contributed by atoms with Gasteiger partial charge in [-0.15, -0.1) is 0 Å². The smallest absolute Gasteiger partial charge is 0.329 e. The fraction of sp³-hybridized carbons (Fsp3) is 0.625. The number of esters is 2. The van der Waals surface area contributed by atoms with E-state index < -0.39 is 203 Å². The summed E-state index contributed by atoms with van der Waals surface area (Å²) in [5, 5.41) is 10.7. The molecule has 1 aromatic carbocycles. The molecule has 1 aromatic rings. The number of carbonyl (C=O) groups excluding carboxylic acids is 12. The first-order valence-electron chi connectivity index (χ1n) is 31.4. The number of amides is 10. The van der Waals surface area contributed by atoms with E-state index in [9.17, 15) is 52.7 Å². The molecule has 0 unspecified atom stereocenters. The highest BCUT2D eigenvalue weighted by Gasteiger charge is 2.48. The fourth-order valence-corrected chi connectivity index (χ4v) is 12.9. The molecule has 0 spiro atoms. The van der Waals surface area contributed by atoms with Gasteiger partial charge in [0.05, 0.1) is 29.9 Å². The van der Waals surface area contributed by atoms with Crippen molar-refractivity contribution in [2.45, 2.75) is 195 Å². The third-order valence-electron chi connectivity index (χ3n) is 18.3. The summed E-state index contributed by atoms with van der Waals surface area (Å²) in [4.78, 5) is 201. The quantitative estimate of drug-likeness (QED) is 0.121. The number of carbonyl (C=O) groups is 12. The number of cyclic esters (lactones) is 2. The molecule has 0 bridgehead atoms. The molecule has 5 heterocycles. The number of rotatable bonds is 8. The Kier molecular flexibility index (Phi) is 21.5. The van der Waals surface area contributed by atoms with E-state index in [1.165, 1.54) is 80.7 Å². The van der Waals surface area contributed by atoms with Crippen molar-refractivity contribution in [1.29, 1.82) is 0 Å². The lowest BCUT2D eigenvalue weighted by Gasteiger charge is -2.37. The number of nitrogens with one attached hydrogen (secondary N) is 4. The predicted octanol–water partition coefficient (Wildman–Crippen LogP) is 1.50. The third-order valence-corrected chi connectivity index (χ3v) is 18.3.